The first kappa shape index (κ1) is 12.8. The van der Waals surface area contributed by atoms with Gasteiger partial charge >= 0.3 is 5.97 Å². The topological polar surface area (TPSA) is 75.1 Å². The Balaban J connectivity index is 1.92. The van der Waals surface area contributed by atoms with Gasteiger partial charge in [-0.1, -0.05) is 19.8 Å². The van der Waals surface area contributed by atoms with Crippen LogP contribution in [0.2, 0.25) is 0 Å². The van der Waals surface area contributed by atoms with Crippen molar-refractivity contribution in [3.05, 3.63) is 18.1 Å². The van der Waals surface area contributed by atoms with Crippen LogP contribution in [0.25, 0.3) is 0 Å². The first-order valence-electron chi connectivity index (χ1n) is 6.45. The second-order valence-corrected chi connectivity index (χ2v) is 5.07. The van der Waals surface area contributed by atoms with E-state index in [1.165, 1.54) is 38.1 Å². The molecule has 98 valence electrons. The summed E-state index contributed by atoms with van der Waals surface area (Å²) in [5, 5.41) is 12.1. The molecule has 0 bridgehead atoms. The number of carboxylic acid groups (broad SMARTS) is 1. The Bertz CT molecular complexity index is 414. The van der Waals surface area contributed by atoms with E-state index in [-0.39, 0.29) is 5.69 Å². The molecule has 1 saturated carbocycles. The summed E-state index contributed by atoms with van der Waals surface area (Å²) in [6.07, 6.45) is 7.85. The lowest BCUT2D eigenvalue weighted by Crippen LogP contribution is -2.21. The lowest BCUT2D eigenvalue weighted by molar-refractivity contribution is 0.0691. The second-order valence-electron chi connectivity index (χ2n) is 5.07. The van der Waals surface area contributed by atoms with Gasteiger partial charge in [-0.25, -0.2) is 14.8 Å². The van der Waals surface area contributed by atoms with Gasteiger partial charge in [0.05, 0.1) is 0 Å². The molecule has 0 amide bonds. The van der Waals surface area contributed by atoms with Crippen molar-refractivity contribution in [2.75, 3.05) is 11.9 Å². The van der Waals surface area contributed by atoms with Crippen LogP contribution in [-0.4, -0.2) is 27.6 Å². The minimum Gasteiger partial charge on any atom is -0.476 e. The van der Waals surface area contributed by atoms with Crippen LogP contribution >= 0.6 is 0 Å². The minimum atomic E-state index is -1.04. The molecule has 1 heterocycles. The van der Waals surface area contributed by atoms with E-state index in [1.54, 1.807) is 0 Å². The van der Waals surface area contributed by atoms with E-state index in [9.17, 15) is 4.79 Å². The molecule has 18 heavy (non-hydrogen) atoms. The zero-order valence-corrected chi connectivity index (χ0v) is 10.6. The fourth-order valence-corrected chi connectivity index (χ4v) is 2.40. The highest BCUT2D eigenvalue weighted by Crippen LogP contribution is 2.28. The normalized spacial score (nSPS) is 23.6. The largest absolute Gasteiger partial charge is 0.476 e. The molecule has 0 unspecified atom stereocenters. The average molecular weight is 249 g/mol. The summed E-state index contributed by atoms with van der Waals surface area (Å²) in [5.41, 5.74) is 0.00155. The second kappa shape index (κ2) is 5.80. The molecule has 0 aromatic carbocycles. The van der Waals surface area contributed by atoms with E-state index >= 15 is 0 Å². The Hall–Kier alpha value is -1.65. The Morgan fingerprint density at radius 2 is 2.00 bits per heavy atom. The highest BCUT2D eigenvalue weighted by atomic mass is 16.4. The Morgan fingerprint density at radius 1 is 1.33 bits per heavy atom. The van der Waals surface area contributed by atoms with Crippen LogP contribution in [0.5, 0.6) is 0 Å². The van der Waals surface area contributed by atoms with Crippen molar-refractivity contribution < 1.29 is 9.90 Å². The van der Waals surface area contributed by atoms with Crippen LogP contribution in [0.3, 0.4) is 0 Å². The zero-order valence-electron chi connectivity index (χ0n) is 10.6. The average Bonchev–Trinajstić information content (AvgIpc) is 2.38. The van der Waals surface area contributed by atoms with Crippen LogP contribution in [0.4, 0.5) is 5.82 Å². The van der Waals surface area contributed by atoms with Crippen molar-refractivity contribution in [2.45, 2.75) is 32.6 Å². The lowest BCUT2D eigenvalue weighted by Gasteiger charge is -2.26. The third-order valence-electron chi connectivity index (χ3n) is 3.59. The Labute approximate surface area is 107 Å². The van der Waals surface area contributed by atoms with Crippen molar-refractivity contribution in [3.63, 3.8) is 0 Å². The number of aromatic carboxylic acids is 1. The van der Waals surface area contributed by atoms with Gasteiger partial charge in [0.2, 0.25) is 0 Å². The predicted molar refractivity (Wildman–Crippen MR) is 68.6 cm³/mol. The molecule has 2 rings (SSSR count). The molecule has 0 aliphatic heterocycles. The van der Waals surface area contributed by atoms with E-state index in [4.69, 9.17) is 5.11 Å². The maximum Gasteiger partial charge on any atom is 0.358 e. The third-order valence-corrected chi connectivity index (χ3v) is 3.59. The number of rotatable bonds is 4. The zero-order chi connectivity index (χ0) is 13.0. The molecular formula is C13H19N3O2. The fourth-order valence-electron chi connectivity index (χ4n) is 2.40. The number of anilines is 1. The van der Waals surface area contributed by atoms with Crippen molar-refractivity contribution in [1.82, 2.24) is 9.97 Å². The van der Waals surface area contributed by atoms with Crippen LogP contribution in [0, 0.1) is 11.8 Å². The van der Waals surface area contributed by atoms with Crippen molar-refractivity contribution in [2.24, 2.45) is 11.8 Å². The van der Waals surface area contributed by atoms with E-state index in [1.807, 2.05) is 0 Å². The SMILES string of the molecule is CC1CCC(CNc2nccnc2C(=O)O)CC1. The van der Waals surface area contributed by atoms with Crippen molar-refractivity contribution in [3.8, 4) is 0 Å². The number of nitrogens with zero attached hydrogens (tertiary/aromatic N) is 2. The van der Waals surface area contributed by atoms with Gasteiger partial charge in [-0.15, -0.1) is 0 Å². The number of carboxylic acids is 1. The molecule has 0 atom stereocenters. The van der Waals surface area contributed by atoms with E-state index in [2.05, 4.69) is 22.2 Å². The molecule has 1 aliphatic rings. The van der Waals surface area contributed by atoms with Gasteiger partial charge in [0.1, 0.15) is 0 Å². The molecule has 5 nitrogen and oxygen atoms in total. The van der Waals surface area contributed by atoms with Crippen LogP contribution < -0.4 is 5.32 Å². The summed E-state index contributed by atoms with van der Waals surface area (Å²) in [5.74, 6) is 0.781. The van der Waals surface area contributed by atoms with Gasteiger partial charge in [0.15, 0.2) is 11.5 Å². The van der Waals surface area contributed by atoms with Gasteiger partial charge < -0.3 is 10.4 Å². The summed E-state index contributed by atoms with van der Waals surface area (Å²) in [6, 6.07) is 0. The molecule has 0 spiro atoms. The lowest BCUT2D eigenvalue weighted by atomic mass is 9.83. The Kier molecular flexibility index (Phi) is 4.12. The third kappa shape index (κ3) is 3.18. The number of hydrogen-bond acceptors (Lipinski definition) is 4. The van der Waals surface area contributed by atoms with Gasteiger partial charge in [0, 0.05) is 18.9 Å². The molecule has 1 aromatic rings. The molecule has 1 aliphatic carbocycles. The monoisotopic (exact) mass is 249 g/mol. The van der Waals surface area contributed by atoms with Crippen LogP contribution in [-0.2, 0) is 0 Å². The minimum absolute atomic E-state index is 0.00155. The van der Waals surface area contributed by atoms with Crippen molar-refractivity contribution >= 4 is 11.8 Å². The number of carbonyl (C=O) groups is 1. The maximum atomic E-state index is 11.0. The quantitative estimate of drug-likeness (QED) is 0.857. The van der Waals surface area contributed by atoms with Gasteiger partial charge in [-0.2, -0.15) is 0 Å². The smallest absolute Gasteiger partial charge is 0.358 e. The first-order chi connectivity index (χ1) is 8.66. The molecule has 1 aromatic heterocycles. The number of hydrogen-bond donors (Lipinski definition) is 2. The predicted octanol–water partition coefficient (Wildman–Crippen LogP) is 2.41. The fraction of sp³-hybridized carbons (Fsp3) is 0.615. The van der Waals surface area contributed by atoms with Gasteiger partial charge in [0.25, 0.3) is 0 Å². The van der Waals surface area contributed by atoms with E-state index in [0.717, 1.165) is 12.5 Å². The van der Waals surface area contributed by atoms with E-state index < -0.39 is 5.97 Å². The highest BCUT2D eigenvalue weighted by Gasteiger charge is 2.19. The molecule has 0 saturated heterocycles. The molecular weight excluding hydrogens is 230 g/mol. The highest BCUT2D eigenvalue weighted by molar-refractivity contribution is 5.90. The molecule has 0 radical (unpaired) electrons. The summed E-state index contributed by atoms with van der Waals surface area (Å²) in [7, 11) is 0. The first-order valence-corrected chi connectivity index (χ1v) is 6.45. The summed E-state index contributed by atoms with van der Waals surface area (Å²) in [4.78, 5) is 18.8. The van der Waals surface area contributed by atoms with Crippen LogP contribution in [0.1, 0.15) is 43.1 Å². The Morgan fingerprint density at radius 3 is 2.67 bits per heavy atom. The van der Waals surface area contributed by atoms with Crippen molar-refractivity contribution in [1.29, 1.82) is 0 Å². The van der Waals surface area contributed by atoms with Gasteiger partial charge in [-0.05, 0) is 24.7 Å². The molecule has 5 heteroatoms. The summed E-state index contributed by atoms with van der Waals surface area (Å²) >= 11 is 0. The van der Waals surface area contributed by atoms with E-state index in [0.29, 0.717) is 11.7 Å². The van der Waals surface area contributed by atoms with Crippen LogP contribution in [0.15, 0.2) is 12.4 Å². The molecule has 1 fully saturated rings. The summed E-state index contributed by atoms with van der Waals surface area (Å²) in [6.45, 7) is 3.07. The van der Waals surface area contributed by atoms with Gasteiger partial charge in [-0.3, -0.25) is 0 Å². The number of aromatic nitrogens is 2. The maximum absolute atomic E-state index is 11.0. The number of nitrogens with one attached hydrogen (secondary N) is 1. The standard InChI is InChI=1S/C13H19N3O2/c1-9-2-4-10(5-3-9)8-16-12-11(13(17)18)14-6-7-15-12/h6-7,9-10H,2-5,8H2,1H3,(H,15,16)(H,17,18). The summed E-state index contributed by atoms with van der Waals surface area (Å²) < 4.78 is 0. The molecule has 2 N–H and O–H groups in total.